The van der Waals surface area contributed by atoms with E-state index in [0.29, 0.717) is 32.5 Å². The molecule has 13 nitrogen and oxygen atoms in total. The third kappa shape index (κ3) is 7.20. The van der Waals surface area contributed by atoms with Crippen LogP contribution in [0.2, 0.25) is 0 Å². The number of ketones is 1. The number of nitrogens with zero attached hydrogens (tertiary/aromatic N) is 3. The number of likely N-dealkylation sites (N-methyl/N-ethyl adjacent to an activating group) is 1. The molecule has 3 aliphatic carbocycles. The standard InChI is InChI=1S/C40H67N7O6/c1-23-20-46(21-24(2)45(23)11)33(51)29(36(3,4)5)43-35(53)44-30(37(6,7)8)34(52)47-22-40(38(9,10)39(40)16-13-17-39)19-27(47)32(50)42-26(28(48)31(41)49)18-25-14-12-15-25/h23-27,29-30H,12-22H2,1-11H3,(H2,41,49)(H,42,50)(H2,43,44,53)/t23-,24-,26?,27-,29+,30+,40?/m0/s1. The van der Waals surface area contributed by atoms with E-state index >= 15 is 0 Å². The molecule has 7 atom stereocenters. The molecule has 2 saturated heterocycles. The van der Waals surface area contributed by atoms with Crippen molar-refractivity contribution in [3.05, 3.63) is 0 Å². The molecule has 5 rings (SSSR count). The van der Waals surface area contributed by atoms with E-state index in [1.165, 1.54) is 0 Å². The first-order valence-electron chi connectivity index (χ1n) is 19.9. The largest absolute Gasteiger partial charge is 0.363 e. The molecule has 0 radical (unpaired) electrons. The summed E-state index contributed by atoms with van der Waals surface area (Å²) in [6.45, 7) is 21.4. The molecule has 2 unspecified atom stereocenters. The van der Waals surface area contributed by atoms with Crippen LogP contribution in [0.5, 0.6) is 0 Å². The molecule has 2 spiro atoms. The minimum Gasteiger partial charge on any atom is -0.363 e. The number of nitrogens with two attached hydrogens (primary N) is 1. The smallest absolute Gasteiger partial charge is 0.316 e. The molecule has 298 valence electrons. The number of urea groups is 1. The van der Waals surface area contributed by atoms with Crippen LogP contribution in [0.4, 0.5) is 4.79 Å². The highest BCUT2D eigenvalue weighted by Crippen LogP contribution is 2.88. The van der Waals surface area contributed by atoms with Gasteiger partial charge in [0.05, 0.1) is 6.04 Å². The van der Waals surface area contributed by atoms with Gasteiger partial charge >= 0.3 is 6.03 Å². The summed E-state index contributed by atoms with van der Waals surface area (Å²) in [6.07, 6.45) is 6.79. The first kappa shape index (κ1) is 41.0. The number of carbonyl (C=O) groups excluding carboxylic acids is 6. The summed E-state index contributed by atoms with van der Waals surface area (Å²) in [7, 11) is 2.05. The van der Waals surface area contributed by atoms with Crippen LogP contribution in [0.1, 0.15) is 121 Å². The molecule has 53 heavy (non-hydrogen) atoms. The van der Waals surface area contributed by atoms with Gasteiger partial charge in [0.1, 0.15) is 18.1 Å². The van der Waals surface area contributed by atoms with Gasteiger partial charge in [-0.1, -0.05) is 81.1 Å². The number of hydrogen-bond acceptors (Lipinski definition) is 7. The second-order valence-electron chi connectivity index (χ2n) is 20.0. The van der Waals surface area contributed by atoms with E-state index < -0.39 is 58.6 Å². The molecular formula is C40H67N7O6. The predicted octanol–water partition coefficient (Wildman–Crippen LogP) is 3.19. The van der Waals surface area contributed by atoms with Crippen molar-refractivity contribution < 1.29 is 28.8 Å². The summed E-state index contributed by atoms with van der Waals surface area (Å²) < 4.78 is 0. The Hall–Kier alpha value is -3.22. The monoisotopic (exact) mass is 742 g/mol. The van der Waals surface area contributed by atoms with Crippen LogP contribution in [-0.2, 0) is 24.0 Å². The number of piperazine rings is 1. The molecule has 5 fully saturated rings. The SMILES string of the molecule is C[C@H]1CN(C(=O)[C@@H](NC(=O)N[C@H](C(=O)N2CC3(C[C@H]2C(=O)NC(CC2CCC2)C(=O)C(N)=O)C(C)(C)C32CCC2)C(C)(C)C)C(C)(C)C)C[C@H](C)N1C. The number of hydrogen-bond donors (Lipinski definition) is 4. The maximum absolute atomic E-state index is 14.9. The molecule has 2 aliphatic heterocycles. The molecule has 0 bridgehead atoms. The van der Waals surface area contributed by atoms with Crippen molar-refractivity contribution in [2.24, 2.45) is 38.7 Å². The Bertz CT molecular complexity index is 1480. The predicted molar refractivity (Wildman–Crippen MR) is 202 cm³/mol. The van der Waals surface area contributed by atoms with Gasteiger partial charge in [-0.2, -0.15) is 0 Å². The average molecular weight is 742 g/mol. The van der Waals surface area contributed by atoms with Crippen molar-refractivity contribution in [1.29, 1.82) is 0 Å². The van der Waals surface area contributed by atoms with Crippen molar-refractivity contribution in [1.82, 2.24) is 30.7 Å². The molecule has 0 aromatic rings. The Balaban J connectivity index is 1.39. The maximum atomic E-state index is 14.9. The van der Waals surface area contributed by atoms with E-state index in [9.17, 15) is 28.8 Å². The van der Waals surface area contributed by atoms with Crippen molar-refractivity contribution in [3.8, 4) is 0 Å². The first-order chi connectivity index (χ1) is 24.4. The van der Waals surface area contributed by atoms with Crippen LogP contribution in [0.25, 0.3) is 0 Å². The van der Waals surface area contributed by atoms with Gasteiger partial charge in [0.25, 0.3) is 5.91 Å². The number of rotatable bonds is 10. The molecule has 6 amide bonds. The van der Waals surface area contributed by atoms with Gasteiger partial charge < -0.3 is 31.5 Å². The fourth-order valence-corrected chi connectivity index (χ4v) is 10.3. The molecule has 2 heterocycles. The zero-order valence-electron chi connectivity index (χ0n) is 34.2. The summed E-state index contributed by atoms with van der Waals surface area (Å²) in [5.74, 6) is -2.73. The van der Waals surface area contributed by atoms with Gasteiger partial charge in [-0.25, -0.2) is 4.79 Å². The van der Waals surface area contributed by atoms with Crippen LogP contribution in [0.3, 0.4) is 0 Å². The molecule has 5 aliphatic rings. The van der Waals surface area contributed by atoms with Gasteiger partial charge in [-0.05, 0) is 74.2 Å². The molecule has 0 aromatic carbocycles. The lowest BCUT2D eigenvalue weighted by Crippen LogP contribution is -2.64. The summed E-state index contributed by atoms with van der Waals surface area (Å²) in [6, 6.07) is -4.15. The van der Waals surface area contributed by atoms with Gasteiger partial charge in [-0.3, -0.25) is 28.9 Å². The summed E-state index contributed by atoms with van der Waals surface area (Å²) in [4.78, 5) is 87.8. The number of fused-ring (bicyclic) bond motifs is 1. The van der Waals surface area contributed by atoms with Crippen molar-refractivity contribution in [3.63, 3.8) is 0 Å². The summed E-state index contributed by atoms with van der Waals surface area (Å²) in [5.41, 5.74) is 3.65. The van der Waals surface area contributed by atoms with Crippen LogP contribution in [0, 0.1) is 33.0 Å². The zero-order valence-corrected chi connectivity index (χ0v) is 34.2. The minimum absolute atomic E-state index is 0.0164. The number of amides is 6. The third-order valence-electron chi connectivity index (χ3n) is 14.5. The highest BCUT2D eigenvalue weighted by Gasteiger charge is 2.85. The Morgan fingerprint density at radius 1 is 0.792 bits per heavy atom. The second-order valence-corrected chi connectivity index (χ2v) is 20.0. The molecule has 5 N–H and O–H groups in total. The van der Waals surface area contributed by atoms with E-state index in [-0.39, 0.29) is 46.1 Å². The Labute approximate surface area is 316 Å². The lowest BCUT2D eigenvalue weighted by molar-refractivity contribution is -0.143. The quantitative estimate of drug-likeness (QED) is 0.249. The molecule has 0 aromatic heterocycles. The Kier molecular flexibility index (Phi) is 10.9. The lowest BCUT2D eigenvalue weighted by atomic mass is 9.73. The number of primary amides is 1. The van der Waals surface area contributed by atoms with E-state index in [1.807, 2.05) is 46.4 Å². The number of likely N-dealkylation sites (tertiary alicyclic amines) is 1. The maximum Gasteiger partial charge on any atom is 0.316 e. The Morgan fingerprint density at radius 3 is 1.74 bits per heavy atom. The van der Waals surface area contributed by atoms with Crippen molar-refractivity contribution >= 4 is 35.4 Å². The van der Waals surface area contributed by atoms with Crippen molar-refractivity contribution in [2.75, 3.05) is 26.7 Å². The highest BCUT2D eigenvalue weighted by atomic mass is 16.2. The van der Waals surface area contributed by atoms with Crippen LogP contribution in [0.15, 0.2) is 0 Å². The second kappa shape index (κ2) is 14.1. The number of Topliss-reactive ketones (excluding diaryl/α,β-unsaturated/α-hetero) is 1. The summed E-state index contributed by atoms with van der Waals surface area (Å²) >= 11 is 0. The normalized spacial score (nSPS) is 29.8. The molecule has 3 saturated carbocycles. The van der Waals surface area contributed by atoms with E-state index in [0.717, 1.165) is 38.5 Å². The zero-order chi connectivity index (χ0) is 39.6. The van der Waals surface area contributed by atoms with Crippen LogP contribution in [-0.4, -0.2) is 113 Å². The fraction of sp³-hybridized carbons (Fsp3) is 0.850. The topological polar surface area (TPSA) is 174 Å². The highest BCUT2D eigenvalue weighted by molar-refractivity contribution is 6.37. The van der Waals surface area contributed by atoms with Gasteiger partial charge in [0, 0.05) is 37.1 Å². The molecular weight excluding hydrogens is 674 g/mol. The summed E-state index contributed by atoms with van der Waals surface area (Å²) in [5, 5.41) is 8.75. The van der Waals surface area contributed by atoms with Crippen LogP contribution < -0.4 is 21.7 Å². The van der Waals surface area contributed by atoms with Gasteiger partial charge in [0.2, 0.25) is 23.5 Å². The average Bonchev–Trinajstić information content (AvgIpc) is 3.22. The molecule has 13 heteroatoms. The van der Waals surface area contributed by atoms with Gasteiger partial charge in [-0.15, -0.1) is 0 Å². The number of carbonyl (C=O) groups is 6. The van der Waals surface area contributed by atoms with E-state index in [4.69, 9.17) is 5.73 Å². The third-order valence-corrected chi connectivity index (χ3v) is 14.5. The lowest BCUT2D eigenvalue weighted by Gasteiger charge is -2.45. The first-order valence-corrected chi connectivity index (χ1v) is 19.9. The number of nitrogens with one attached hydrogen (secondary N) is 3. The van der Waals surface area contributed by atoms with E-state index in [1.54, 1.807) is 4.90 Å². The van der Waals surface area contributed by atoms with E-state index in [2.05, 4.69) is 55.6 Å². The fourth-order valence-electron chi connectivity index (χ4n) is 10.3. The Morgan fingerprint density at radius 2 is 1.32 bits per heavy atom. The van der Waals surface area contributed by atoms with Gasteiger partial charge in [0.15, 0.2) is 0 Å². The van der Waals surface area contributed by atoms with Crippen LogP contribution >= 0.6 is 0 Å². The minimum atomic E-state index is -1.09. The van der Waals surface area contributed by atoms with Crippen molar-refractivity contribution in [2.45, 2.75) is 157 Å².